The second-order valence-corrected chi connectivity index (χ2v) is 5.94. The molecule has 6 atom stereocenters. The van der Waals surface area contributed by atoms with Crippen molar-refractivity contribution in [3.8, 4) is 0 Å². The van der Waals surface area contributed by atoms with E-state index in [2.05, 4.69) is 0 Å². The summed E-state index contributed by atoms with van der Waals surface area (Å²) in [4.78, 5) is 25.5. The van der Waals surface area contributed by atoms with Crippen molar-refractivity contribution in [1.82, 2.24) is 4.90 Å². The molecule has 0 aromatic heterocycles. The van der Waals surface area contributed by atoms with Crippen molar-refractivity contribution in [2.75, 3.05) is 6.54 Å². The molecule has 0 spiro atoms. The molecule has 1 amide bonds. The molecule has 2 saturated heterocycles. The molecule has 2 heterocycles. The Kier molecular flexibility index (Phi) is 3.85. The van der Waals surface area contributed by atoms with E-state index in [1.54, 1.807) is 4.90 Å². The molecule has 2 fully saturated rings. The Hall–Kier alpha value is -1.10. The minimum atomic E-state index is -0.806. The van der Waals surface area contributed by atoms with E-state index in [0.717, 1.165) is 0 Å². The van der Waals surface area contributed by atoms with Gasteiger partial charge in [-0.05, 0) is 33.1 Å². The van der Waals surface area contributed by atoms with Crippen molar-refractivity contribution in [2.24, 2.45) is 17.8 Å². The third-order valence-electron chi connectivity index (χ3n) is 4.88. The van der Waals surface area contributed by atoms with Crippen molar-refractivity contribution in [3.63, 3.8) is 0 Å². The first-order chi connectivity index (χ1) is 8.84. The first-order valence-electron chi connectivity index (χ1n) is 7.03. The monoisotopic (exact) mass is 269 g/mol. The minimum absolute atomic E-state index is 0.0561. The summed E-state index contributed by atoms with van der Waals surface area (Å²) in [7, 11) is 0. The number of ether oxygens (including phenoxy) is 1. The summed E-state index contributed by atoms with van der Waals surface area (Å²) in [5.41, 5.74) is 0. The maximum atomic E-state index is 12.6. The summed E-state index contributed by atoms with van der Waals surface area (Å²) in [6.45, 7) is 8.32. The molecule has 0 aliphatic carbocycles. The van der Waals surface area contributed by atoms with Crippen LogP contribution in [0.25, 0.3) is 0 Å². The number of rotatable bonds is 2. The number of nitrogens with zero attached hydrogens (tertiary/aromatic N) is 1. The van der Waals surface area contributed by atoms with Crippen LogP contribution in [0.4, 0.5) is 0 Å². The van der Waals surface area contributed by atoms with Crippen LogP contribution in [0.5, 0.6) is 0 Å². The average molecular weight is 269 g/mol. The fourth-order valence-electron chi connectivity index (χ4n) is 3.46. The minimum Gasteiger partial charge on any atom is -0.481 e. The zero-order valence-electron chi connectivity index (χ0n) is 12.0. The summed E-state index contributed by atoms with van der Waals surface area (Å²) in [5.74, 6) is -1.15. The molecule has 0 saturated carbocycles. The van der Waals surface area contributed by atoms with Crippen LogP contribution >= 0.6 is 0 Å². The molecule has 0 radical (unpaired) electrons. The summed E-state index contributed by atoms with van der Waals surface area (Å²) in [6.07, 6.45) is 0.541. The van der Waals surface area contributed by atoms with E-state index in [-0.39, 0.29) is 36.0 Å². The Morgan fingerprint density at radius 2 is 1.79 bits per heavy atom. The molecular weight excluding hydrogens is 246 g/mol. The number of likely N-dealkylation sites (tertiary alicyclic amines) is 1. The summed E-state index contributed by atoms with van der Waals surface area (Å²) >= 11 is 0. The molecule has 5 heteroatoms. The Bertz CT molecular complexity index is 384. The van der Waals surface area contributed by atoms with Crippen LogP contribution in [0.2, 0.25) is 0 Å². The van der Waals surface area contributed by atoms with Crippen LogP contribution in [0, 0.1) is 17.8 Å². The van der Waals surface area contributed by atoms with Gasteiger partial charge in [-0.15, -0.1) is 0 Å². The third kappa shape index (κ3) is 2.36. The molecule has 0 aromatic rings. The van der Waals surface area contributed by atoms with Crippen molar-refractivity contribution >= 4 is 11.9 Å². The van der Waals surface area contributed by atoms with Crippen molar-refractivity contribution in [2.45, 2.75) is 52.4 Å². The SMILES string of the molecule is CC1OC(C)C(C(=O)N2CCC(C(=O)O)C2C)C1C. The van der Waals surface area contributed by atoms with Gasteiger partial charge in [-0.3, -0.25) is 9.59 Å². The highest BCUT2D eigenvalue weighted by Crippen LogP contribution is 2.36. The van der Waals surface area contributed by atoms with Gasteiger partial charge in [0.1, 0.15) is 0 Å². The lowest BCUT2D eigenvalue weighted by Gasteiger charge is -2.29. The summed E-state index contributed by atoms with van der Waals surface area (Å²) in [5, 5.41) is 9.13. The number of aliphatic carboxylic acids is 1. The quantitative estimate of drug-likeness (QED) is 0.822. The van der Waals surface area contributed by atoms with Crippen LogP contribution in [-0.2, 0) is 14.3 Å². The lowest BCUT2D eigenvalue weighted by molar-refractivity contribution is -0.144. The Balaban J connectivity index is 2.11. The first kappa shape index (κ1) is 14.3. The Labute approximate surface area is 113 Å². The number of hydrogen-bond donors (Lipinski definition) is 1. The van der Waals surface area contributed by atoms with Gasteiger partial charge in [-0.2, -0.15) is 0 Å². The van der Waals surface area contributed by atoms with Gasteiger partial charge < -0.3 is 14.7 Å². The fourth-order valence-corrected chi connectivity index (χ4v) is 3.46. The van der Waals surface area contributed by atoms with E-state index in [0.29, 0.717) is 13.0 Å². The van der Waals surface area contributed by atoms with Gasteiger partial charge in [0.15, 0.2) is 0 Å². The topological polar surface area (TPSA) is 66.8 Å². The second-order valence-electron chi connectivity index (χ2n) is 5.94. The van der Waals surface area contributed by atoms with E-state index >= 15 is 0 Å². The van der Waals surface area contributed by atoms with E-state index in [4.69, 9.17) is 9.84 Å². The average Bonchev–Trinajstić information content (AvgIpc) is 2.80. The van der Waals surface area contributed by atoms with Gasteiger partial charge >= 0.3 is 5.97 Å². The molecule has 2 aliphatic rings. The molecular formula is C14H23NO4. The molecule has 0 bridgehead atoms. The number of carbonyl (C=O) groups excluding carboxylic acids is 1. The number of carboxylic acid groups (broad SMARTS) is 1. The normalized spacial score (nSPS) is 42.6. The first-order valence-corrected chi connectivity index (χ1v) is 7.03. The highest BCUT2D eigenvalue weighted by molar-refractivity contribution is 5.82. The molecule has 108 valence electrons. The van der Waals surface area contributed by atoms with E-state index in [9.17, 15) is 9.59 Å². The maximum absolute atomic E-state index is 12.6. The second kappa shape index (κ2) is 5.12. The predicted octanol–water partition coefficient (Wildman–Crippen LogP) is 1.37. The standard InChI is InChI=1S/C14H23NO4/c1-7-9(3)19-10(4)12(7)13(16)15-6-5-11(8(15)2)14(17)18/h7-12H,5-6H2,1-4H3,(H,17,18). The van der Waals surface area contributed by atoms with Crippen molar-refractivity contribution in [3.05, 3.63) is 0 Å². The molecule has 1 N–H and O–H groups in total. The molecule has 2 aliphatic heterocycles. The van der Waals surface area contributed by atoms with Crippen LogP contribution in [0.15, 0.2) is 0 Å². The lowest BCUT2D eigenvalue weighted by atomic mass is 9.88. The molecule has 6 unspecified atom stereocenters. The van der Waals surface area contributed by atoms with Gasteiger partial charge in [0.2, 0.25) is 5.91 Å². The third-order valence-corrected chi connectivity index (χ3v) is 4.88. The summed E-state index contributed by atoms with van der Waals surface area (Å²) < 4.78 is 5.71. The zero-order chi connectivity index (χ0) is 14.3. The van der Waals surface area contributed by atoms with Gasteiger partial charge in [0, 0.05) is 12.6 Å². The smallest absolute Gasteiger partial charge is 0.308 e. The molecule has 2 rings (SSSR count). The van der Waals surface area contributed by atoms with Crippen molar-refractivity contribution < 1.29 is 19.4 Å². The zero-order valence-corrected chi connectivity index (χ0v) is 12.0. The Morgan fingerprint density at radius 3 is 2.21 bits per heavy atom. The molecule has 5 nitrogen and oxygen atoms in total. The van der Waals surface area contributed by atoms with Gasteiger partial charge in [-0.25, -0.2) is 0 Å². The number of carbonyl (C=O) groups is 2. The van der Waals surface area contributed by atoms with Crippen LogP contribution in [0.3, 0.4) is 0 Å². The van der Waals surface area contributed by atoms with E-state index in [1.165, 1.54) is 0 Å². The number of amides is 1. The number of carboxylic acids is 1. The van der Waals surface area contributed by atoms with Crippen LogP contribution in [-0.4, -0.2) is 46.7 Å². The van der Waals surface area contributed by atoms with E-state index < -0.39 is 11.9 Å². The largest absolute Gasteiger partial charge is 0.481 e. The predicted molar refractivity (Wildman–Crippen MR) is 69.6 cm³/mol. The fraction of sp³-hybridized carbons (Fsp3) is 0.857. The van der Waals surface area contributed by atoms with Gasteiger partial charge in [0.05, 0.1) is 24.0 Å². The summed E-state index contributed by atoms with van der Waals surface area (Å²) in [6, 6.07) is -0.222. The molecule has 19 heavy (non-hydrogen) atoms. The highest BCUT2D eigenvalue weighted by atomic mass is 16.5. The van der Waals surface area contributed by atoms with Crippen LogP contribution in [0.1, 0.15) is 34.1 Å². The number of hydrogen-bond acceptors (Lipinski definition) is 3. The molecule has 0 aromatic carbocycles. The van der Waals surface area contributed by atoms with Crippen molar-refractivity contribution in [1.29, 1.82) is 0 Å². The van der Waals surface area contributed by atoms with Gasteiger partial charge in [-0.1, -0.05) is 6.92 Å². The maximum Gasteiger partial charge on any atom is 0.308 e. The van der Waals surface area contributed by atoms with Gasteiger partial charge in [0.25, 0.3) is 0 Å². The Morgan fingerprint density at radius 1 is 1.16 bits per heavy atom. The van der Waals surface area contributed by atoms with E-state index in [1.807, 2.05) is 27.7 Å². The van der Waals surface area contributed by atoms with Crippen LogP contribution < -0.4 is 0 Å². The highest BCUT2D eigenvalue weighted by Gasteiger charge is 2.47. The lowest BCUT2D eigenvalue weighted by Crippen LogP contribution is -2.44.